The number of carbonyl (C=O) groups is 4. The van der Waals surface area contributed by atoms with Crippen LogP contribution in [-0.2, 0) is 23.9 Å². The van der Waals surface area contributed by atoms with E-state index in [1.54, 1.807) is 40.7 Å². The maximum atomic E-state index is 12.6. The molecular formula is C28H43NO8. The summed E-state index contributed by atoms with van der Waals surface area (Å²) in [6, 6.07) is 3.20. The summed E-state index contributed by atoms with van der Waals surface area (Å²) in [6.45, 7) is 14.2. The number of benzene rings is 1. The van der Waals surface area contributed by atoms with Crippen LogP contribution in [0.3, 0.4) is 0 Å². The van der Waals surface area contributed by atoms with Crippen molar-refractivity contribution in [3.05, 3.63) is 23.8 Å². The molecule has 0 spiro atoms. The molecule has 1 aromatic rings. The first kappa shape index (κ1) is 32.1. The molecule has 0 saturated heterocycles. The van der Waals surface area contributed by atoms with Gasteiger partial charge in [0.25, 0.3) is 0 Å². The molecule has 0 radical (unpaired) electrons. The van der Waals surface area contributed by atoms with Gasteiger partial charge in [-0.25, -0.2) is 0 Å². The number of rotatable bonds is 14. The van der Waals surface area contributed by atoms with Crippen LogP contribution in [0.2, 0.25) is 0 Å². The van der Waals surface area contributed by atoms with E-state index < -0.39 is 47.8 Å². The van der Waals surface area contributed by atoms with Crippen molar-refractivity contribution in [3.63, 3.8) is 0 Å². The maximum Gasteiger partial charge on any atom is 0.321 e. The highest BCUT2D eigenvalue weighted by Crippen LogP contribution is 2.38. The molecule has 9 heteroatoms. The van der Waals surface area contributed by atoms with Crippen molar-refractivity contribution in [1.29, 1.82) is 0 Å². The third kappa shape index (κ3) is 8.84. The molecule has 1 rings (SSSR count). The van der Waals surface area contributed by atoms with Crippen LogP contribution in [0.4, 0.5) is 0 Å². The smallest absolute Gasteiger partial charge is 0.321 e. The van der Waals surface area contributed by atoms with E-state index >= 15 is 0 Å². The Hall–Kier alpha value is -2.94. The van der Waals surface area contributed by atoms with Crippen LogP contribution in [0.25, 0.3) is 0 Å². The van der Waals surface area contributed by atoms with E-state index in [0.29, 0.717) is 24.8 Å². The number of carboxylic acid groups (broad SMARTS) is 1. The second-order valence-electron chi connectivity index (χ2n) is 9.87. The van der Waals surface area contributed by atoms with E-state index in [1.165, 1.54) is 12.1 Å². The molecule has 3 N–H and O–H groups in total. The summed E-state index contributed by atoms with van der Waals surface area (Å²) in [5.74, 6) is -4.93. The van der Waals surface area contributed by atoms with Gasteiger partial charge in [-0.2, -0.15) is 0 Å². The van der Waals surface area contributed by atoms with Crippen LogP contribution in [0, 0.1) is 23.7 Å². The molecule has 0 aliphatic rings. The molecule has 1 aromatic carbocycles. The van der Waals surface area contributed by atoms with Crippen molar-refractivity contribution in [2.75, 3.05) is 0 Å². The second kappa shape index (κ2) is 14.7. The molecule has 0 fully saturated rings. The Bertz CT molecular complexity index is 946. The number of ether oxygens (including phenoxy) is 3. The van der Waals surface area contributed by atoms with Crippen molar-refractivity contribution in [3.8, 4) is 11.5 Å². The second-order valence-corrected chi connectivity index (χ2v) is 9.87. The van der Waals surface area contributed by atoms with Gasteiger partial charge in [0, 0.05) is 11.8 Å². The van der Waals surface area contributed by atoms with E-state index in [9.17, 15) is 24.3 Å². The monoisotopic (exact) mass is 521 g/mol. The lowest BCUT2D eigenvalue weighted by molar-refractivity contribution is -0.155. The SMILES string of the molecule is CCC(C)C(=O)Oc1ccc(C(C(C)C(C)OC(=O)C(C)CC)[C@H](N)C(=O)O)cc1OC(=O)C(C)CC. The maximum absolute atomic E-state index is 12.6. The Morgan fingerprint density at radius 3 is 1.70 bits per heavy atom. The lowest BCUT2D eigenvalue weighted by Crippen LogP contribution is -2.43. The molecule has 7 atom stereocenters. The lowest BCUT2D eigenvalue weighted by Gasteiger charge is -2.32. The summed E-state index contributed by atoms with van der Waals surface area (Å²) in [5, 5.41) is 9.75. The number of nitrogens with two attached hydrogens (primary N) is 1. The van der Waals surface area contributed by atoms with Gasteiger partial charge in [-0.05, 0) is 43.9 Å². The number of carbonyl (C=O) groups excluding carboxylic acids is 3. The quantitative estimate of drug-likeness (QED) is 0.263. The van der Waals surface area contributed by atoms with Gasteiger partial charge in [-0.15, -0.1) is 0 Å². The normalized spacial score (nSPS) is 16.9. The van der Waals surface area contributed by atoms with Crippen LogP contribution >= 0.6 is 0 Å². The molecular weight excluding hydrogens is 478 g/mol. The number of hydrogen-bond donors (Lipinski definition) is 2. The first-order valence-electron chi connectivity index (χ1n) is 13.0. The van der Waals surface area contributed by atoms with Crippen molar-refractivity contribution < 1.29 is 38.5 Å². The Kier molecular flexibility index (Phi) is 12.8. The third-order valence-corrected chi connectivity index (χ3v) is 7.10. The molecule has 208 valence electrons. The summed E-state index contributed by atoms with van der Waals surface area (Å²) in [6.07, 6.45) is 1.08. The Morgan fingerprint density at radius 1 is 0.784 bits per heavy atom. The fourth-order valence-electron chi connectivity index (χ4n) is 3.50. The minimum atomic E-state index is -1.34. The first-order chi connectivity index (χ1) is 17.3. The van der Waals surface area contributed by atoms with Gasteiger partial charge in [0.15, 0.2) is 11.5 Å². The highest BCUT2D eigenvalue weighted by molar-refractivity contribution is 5.79. The Labute approximate surface area is 220 Å². The van der Waals surface area contributed by atoms with E-state index in [4.69, 9.17) is 19.9 Å². The number of esters is 3. The third-order valence-electron chi connectivity index (χ3n) is 7.10. The van der Waals surface area contributed by atoms with Crippen LogP contribution in [-0.4, -0.2) is 41.1 Å². The van der Waals surface area contributed by atoms with Gasteiger partial charge in [-0.1, -0.05) is 54.5 Å². The summed E-state index contributed by atoms with van der Waals surface area (Å²) in [4.78, 5) is 49.4. The zero-order valence-corrected chi connectivity index (χ0v) is 23.3. The van der Waals surface area contributed by atoms with Crippen molar-refractivity contribution in [2.45, 2.75) is 92.7 Å². The Morgan fingerprint density at radius 2 is 1.24 bits per heavy atom. The van der Waals surface area contributed by atoms with E-state index in [2.05, 4.69) is 0 Å². The van der Waals surface area contributed by atoms with Crippen LogP contribution in [0.15, 0.2) is 18.2 Å². The summed E-state index contributed by atoms with van der Waals surface area (Å²) < 4.78 is 16.7. The van der Waals surface area contributed by atoms with Crippen molar-refractivity contribution in [2.24, 2.45) is 29.4 Å². The molecule has 0 amide bonds. The van der Waals surface area contributed by atoms with Gasteiger partial charge in [0.2, 0.25) is 0 Å². The molecule has 0 aromatic heterocycles. The van der Waals surface area contributed by atoms with Crippen LogP contribution in [0.5, 0.6) is 11.5 Å². The molecule has 6 unspecified atom stereocenters. The summed E-state index contributed by atoms with van der Waals surface area (Å²) in [7, 11) is 0. The van der Waals surface area contributed by atoms with Gasteiger partial charge in [0.05, 0.1) is 17.8 Å². The molecule has 37 heavy (non-hydrogen) atoms. The fourth-order valence-corrected chi connectivity index (χ4v) is 3.50. The number of carboxylic acids is 1. The molecule has 0 saturated carbocycles. The zero-order valence-electron chi connectivity index (χ0n) is 23.3. The minimum absolute atomic E-state index is 0.00139. The zero-order chi connectivity index (χ0) is 28.4. The van der Waals surface area contributed by atoms with Gasteiger partial charge in [0.1, 0.15) is 12.1 Å². The average Bonchev–Trinajstić information content (AvgIpc) is 2.87. The standard InChI is InChI=1S/C28H43NO8/c1-9-15(4)26(32)35-19(8)18(7)23(24(29)25(30)31)20-12-13-21(36-27(33)16(5)10-2)22(14-20)37-28(34)17(6)11-3/h12-19,23-24H,9-11,29H2,1-8H3,(H,30,31)/t15?,16?,17?,18?,19?,23?,24-/m0/s1. The summed E-state index contributed by atoms with van der Waals surface area (Å²) in [5.41, 5.74) is 6.56. The highest BCUT2D eigenvalue weighted by atomic mass is 16.6. The van der Waals surface area contributed by atoms with Gasteiger partial charge >= 0.3 is 23.9 Å². The predicted octanol–water partition coefficient (Wildman–Crippen LogP) is 4.70. The van der Waals surface area contributed by atoms with Gasteiger partial charge < -0.3 is 25.1 Å². The minimum Gasteiger partial charge on any atom is -0.480 e. The van der Waals surface area contributed by atoms with Crippen LogP contribution < -0.4 is 15.2 Å². The van der Waals surface area contributed by atoms with E-state index in [1.807, 2.05) is 20.8 Å². The predicted molar refractivity (Wildman–Crippen MR) is 139 cm³/mol. The highest BCUT2D eigenvalue weighted by Gasteiger charge is 2.36. The summed E-state index contributed by atoms with van der Waals surface area (Å²) >= 11 is 0. The van der Waals surface area contributed by atoms with Crippen LogP contribution in [0.1, 0.15) is 86.1 Å². The number of hydrogen-bond acceptors (Lipinski definition) is 8. The lowest BCUT2D eigenvalue weighted by atomic mass is 9.79. The van der Waals surface area contributed by atoms with E-state index in [-0.39, 0.29) is 29.3 Å². The first-order valence-corrected chi connectivity index (χ1v) is 13.0. The largest absolute Gasteiger partial charge is 0.480 e. The topological polar surface area (TPSA) is 142 Å². The Balaban J connectivity index is 3.51. The molecule has 0 bridgehead atoms. The van der Waals surface area contributed by atoms with Crippen molar-refractivity contribution in [1.82, 2.24) is 0 Å². The van der Waals surface area contributed by atoms with E-state index in [0.717, 1.165) is 0 Å². The fraction of sp³-hybridized carbons (Fsp3) is 0.643. The van der Waals surface area contributed by atoms with Crippen molar-refractivity contribution >= 4 is 23.9 Å². The molecule has 0 heterocycles. The molecule has 0 aliphatic heterocycles. The van der Waals surface area contributed by atoms with Gasteiger partial charge in [-0.3, -0.25) is 19.2 Å². The number of aliphatic carboxylic acids is 1. The average molecular weight is 522 g/mol. The molecule has 0 aliphatic carbocycles. The molecule has 9 nitrogen and oxygen atoms in total.